The first-order valence-corrected chi connectivity index (χ1v) is 11.8. The second kappa shape index (κ2) is 10.9. The summed E-state index contributed by atoms with van der Waals surface area (Å²) in [5.41, 5.74) is 1.17. The minimum absolute atomic E-state index is 0.00481. The number of ether oxygens (including phenoxy) is 3. The van der Waals surface area contributed by atoms with E-state index in [1.807, 2.05) is 28.7 Å². The molecule has 0 spiro atoms. The van der Waals surface area contributed by atoms with Crippen molar-refractivity contribution >= 4 is 63.6 Å². The fourth-order valence-corrected chi connectivity index (χ4v) is 4.32. The van der Waals surface area contributed by atoms with Gasteiger partial charge in [-0.1, -0.05) is 41.9 Å². The highest BCUT2D eigenvalue weighted by Gasteiger charge is 2.27. The molecular weight excluding hydrogens is 603 g/mol. The van der Waals surface area contributed by atoms with Crippen molar-refractivity contribution in [2.75, 3.05) is 13.7 Å². The van der Waals surface area contributed by atoms with Gasteiger partial charge < -0.3 is 14.2 Å². The van der Waals surface area contributed by atoms with Gasteiger partial charge in [0.15, 0.2) is 29.6 Å². The van der Waals surface area contributed by atoms with E-state index in [1.54, 1.807) is 36.4 Å². The summed E-state index contributed by atoms with van der Waals surface area (Å²) in [6.07, 6.45) is 1.50. The molecule has 0 radical (unpaired) electrons. The zero-order valence-corrected chi connectivity index (χ0v) is 21.5. The largest absolute Gasteiger partial charge is 0.493 e. The summed E-state index contributed by atoms with van der Waals surface area (Å²) in [4.78, 5) is 39.4. The van der Waals surface area contributed by atoms with E-state index in [-0.39, 0.29) is 40.3 Å². The molecule has 0 N–H and O–H groups in total. The molecule has 1 aliphatic heterocycles. The number of Topliss-reactive ketones (excluding diaryl/α,β-unsaturated/α-hetero) is 1. The fraction of sp³-hybridized carbons (Fsp3) is 0.0800. The summed E-state index contributed by atoms with van der Waals surface area (Å²) < 4.78 is 17.1. The first-order chi connectivity index (χ1) is 17.3. The molecule has 0 saturated carbocycles. The summed E-state index contributed by atoms with van der Waals surface area (Å²) in [6.45, 7) is -0.174. The number of aliphatic imine (C=N–C) groups is 1. The number of carbonyl (C=O) groups is 2. The third-order valence-corrected chi connectivity index (χ3v) is 6.13. The maximum absolute atomic E-state index is 12.4. The maximum atomic E-state index is 12.4. The molecule has 182 valence electrons. The molecule has 0 aromatic heterocycles. The van der Waals surface area contributed by atoms with Crippen LogP contribution in [0.5, 0.6) is 11.5 Å². The number of cyclic esters (lactones) is 1. The molecule has 3 aromatic rings. The number of halogens is 2. The quantitative estimate of drug-likeness (QED) is 0.0821. The van der Waals surface area contributed by atoms with E-state index in [9.17, 15) is 19.7 Å². The van der Waals surface area contributed by atoms with Crippen molar-refractivity contribution in [1.29, 1.82) is 0 Å². The van der Waals surface area contributed by atoms with Crippen molar-refractivity contribution in [3.63, 3.8) is 0 Å². The van der Waals surface area contributed by atoms with Crippen LogP contribution in [0.25, 0.3) is 6.08 Å². The maximum Gasteiger partial charge on any atom is 0.363 e. The molecule has 1 heterocycles. The molecule has 0 amide bonds. The normalized spacial score (nSPS) is 13.8. The van der Waals surface area contributed by atoms with E-state index in [1.165, 1.54) is 25.3 Å². The Morgan fingerprint density at radius 3 is 2.61 bits per heavy atom. The van der Waals surface area contributed by atoms with Gasteiger partial charge in [-0.15, -0.1) is 0 Å². The molecule has 0 atom stereocenters. The molecule has 11 heteroatoms. The number of non-ortho nitro benzene ring substituents is 1. The summed E-state index contributed by atoms with van der Waals surface area (Å²) >= 11 is 8.17. The lowest BCUT2D eigenvalue weighted by Crippen LogP contribution is -2.12. The van der Waals surface area contributed by atoms with Crippen LogP contribution < -0.4 is 9.47 Å². The highest BCUT2D eigenvalue weighted by atomic mass is 127. The summed E-state index contributed by atoms with van der Waals surface area (Å²) in [7, 11) is 1.46. The smallest absolute Gasteiger partial charge is 0.363 e. The van der Waals surface area contributed by atoms with Crippen LogP contribution in [0, 0.1) is 13.7 Å². The van der Waals surface area contributed by atoms with Crippen molar-refractivity contribution in [2.45, 2.75) is 0 Å². The van der Waals surface area contributed by atoms with Crippen LogP contribution in [-0.4, -0.2) is 36.3 Å². The number of nitrogens with zero attached hydrogens (tertiary/aromatic N) is 2. The van der Waals surface area contributed by atoms with E-state index in [0.29, 0.717) is 26.2 Å². The lowest BCUT2D eigenvalue weighted by Gasteiger charge is -2.13. The van der Waals surface area contributed by atoms with Gasteiger partial charge in [0.05, 0.1) is 26.2 Å². The van der Waals surface area contributed by atoms with Crippen LogP contribution in [0.1, 0.15) is 21.5 Å². The Balaban J connectivity index is 1.58. The second-order valence-electron chi connectivity index (χ2n) is 7.37. The first kappa shape index (κ1) is 25.3. The number of methoxy groups -OCH3 is 1. The Kier molecular flexibility index (Phi) is 7.65. The topological polar surface area (TPSA) is 117 Å². The predicted molar refractivity (Wildman–Crippen MR) is 141 cm³/mol. The zero-order valence-electron chi connectivity index (χ0n) is 18.6. The van der Waals surface area contributed by atoms with Gasteiger partial charge in [0.2, 0.25) is 5.90 Å². The van der Waals surface area contributed by atoms with Gasteiger partial charge in [0.1, 0.15) is 0 Å². The molecular formula is C25H16ClIN2O7. The number of nitro groups is 1. The Hall–Kier alpha value is -3.77. The average molecular weight is 619 g/mol. The summed E-state index contributed by atoms with van der Waals surface area (Å²) in [5, 5.41) is 10.9. The van der Waals surface area contributed by atoms with Gasteiger partial charge in [-0.25, -0.2) is 9.79 Å². The van der Waals surface area contributed by atoms with E-state index in [2.05, 4.69) is 4.99 Å². The van der Waals surface area contributed by atoms with E-state index in [4.69, 9.17) is 25.8 Å². The molecule has 0 unspecified atom stereocenters. The van der Waals surface area contributed by atoms with E-state index >= 15 is 0 Å². The summed E-state index contributed by atoms with van der Waals surface area (Å²) in [5.74, 6) is -0.196. The van der Waals surface area contributed by atoms with E-state index < -0.39 is 10.9 Å². The highest BCUT2D eigenvalue weighted by Crippen LogP contribution is 2.35. The van der Waals surface area contributed by atoms with Gasteiger partial charge in [-0.3, -0.25) is 14.9 Å². The third kappa shape index (κ3) is 5.55. The predicted octanol–water partition coefficient (Wildman–Crippen LogP) is 5.47. The van der Waals surface area contributed by atoms with Crippen LogP contribution in [0.2, 0.25) is 5.02 Å². The fourth-order valence-electron chi connectivity index (χ4n) is 3.28. The third-order valence-electron chi connectivity index (χ3n) is 5.01. The lowest BCUT2D eigenvalue weighted by atomic mass is 10.1. The molecule has 9 nitrogen and oxygen atoms in total. The Morgan fingerprint density at radius 1 is 1.19 bits per heavy atom. The number of ketones is 1. The Bertz CT molecular complexity index is 1440. The number of esters is 1. The number of hydrogen-bond donors (Lipinski definition) is 0. The van der Waals surface area contributed by atoms with Crippen molar-refractivity contribution in [1.82, 2.24) is 0 Å². The van der Waals surface area contributed by atoms with Gasteiger partial charge >= 0.3 is 5.97 Å². The molecule has 0 saturated heterocycles. The van der Waals surface area contributed by atoms with Crippen molar-refractivity contribution in [2.24, 2.45) is 4.99 Å². The van der Waals surface area contributed by atoms with Crippen LogP contribution in [0.15, 0.2) is 71.4 Å². The monoisotopic (exact) mass is 618 g/mol. The second-order valence-corrected chi connectivity index (χ2v) is 8.94. The number of nitro benzene ring substituents is 1. The Labute approximate surface area is 223 Å². The van der Waals surface area contributed by atoms with Crippen LogP contribution in [-0.2, 0) is 9.53 Å². The molecule has 36 heavy (non-hydrogen) atoms. The minimum atomic E-state index is -0.706. The van der Waals surface area contributed by atoms with Crippen LogP contribution in [0.3, 0.4) is 0 Å². The van der Waals surface area contributed by atoms with Crippen molar-refractivity contribution in [3.05, 3.63) is 102 Å². The first-order valence-electron chi connectivity index (χ1n) is 10.3. The van der Waals surface area contributed by atoms with Gasteiger partial charge in [0, 0.05) is 17.7 Å². The Morgan fingerprint density at radius 2 is 1.94 bits per heavy atom. The number of carbonyl (C=O) groups excluding carboxylic acids is 2. The zero-order chi connectivity index (χ0) is 25.8. The van der Waals surface area contributed by atoms with Crippen LogP contribution >= 0.6 is 34.2 Å². The average Bonchev–Trinajstić information content (AvgIpc) is 3.22. The molecule has 4 rings (SSSR count). The number of hydrogen-bond acceptors (Lipinski definition) is 8. The molecule has 0 aliphatic carbocycles. The van der Waals surface area contributed by atoms with Crippen LogP contribution in [0.4, 0.5) is 5.69 Å². The number of rotatable bonds is 8. The number of benzene rings is 3. The molecule has 0 fully saturated rings. The SMILES string of the molecule is COc1cc(/C=C2\N=C(c3ccc([N+](=O)[O-])cc3Cl)OC2=O)cc(I)c1OCC(=O)c1ccccc1. The van der Waals surface area contributed by atoms with Gasteiger partial charge in [0.25, 0.3) is 5.69 Å². The highest BCUT2D eigenvalue weighted by molar-refractivity contribution is 14.1. The van der Waals surface area contributed by atoms with Gasteiger partial charge in [-0.2, -0.15) is 0 Å². The molecule has 0 bridgehead atoms. The summed E-state index contributed by atoms with van der Waals surface area (Å²) in [6, 6.07) is 15.9. The van der Waals surface area contributed by atoms with E-state index in [0.717, 1.165) is 6.07 Å². The molecule has 1 aliphatic rings. The van der Waals surface area contributed by atoms with Crippen molar-refractivity contribution in [3.8, 4) is 11.5 Å². The van der Waals surface area contributed by atoms with Gasteiger partial charge in [-0.05, 0) is 52.4 Å². The molecule has 3 aromatic carbocycles. The van der Waals surface area contributed by atoms with Crippen molar-refractivity contribution < 1.29 is 28.7 Å². The standard InChI is InChI=1S/C25H16ClIN2O7/c1-34-22-11-14(9-19(27)23(22)35-13-21(30)15-5-3-2-4-6-15)10-20-25(31)36-24(28-20)17-8-7-16(29(32)33)12-18(17)26/h2-12H,13H2,1H3/b20-10-. The lowest BCUT2D eigenvalue weighted by molar-refractivity contribution is -0.384. The minimum Gasteiger partial charge on any atom is -0.493 e.